The predicted molar refractivity (Wildman–Crippen MR) is 66.2 cm³/mol. The van der Waals surface area contributed by atoms with Crippen molar-refractivity contribution in [1.29, 1.82) is 0 Å². The largest absolute Gasteiger partial charge is 0.481 e. The van der Waals surface area contributed by atoms with Crippen molar-refractivity contribution in [2.75, 3.05) is 46.4 Å². The zero-order valence-corrected chi connectivity index (χ0v) is 11.1. The molecule has 1 fully saturated rings. The second-order valence-corrected chi connectivity index (χ2v) is 4.85. The number of nitrogens with zero attached hydrogens (tertiary/aromatic N) is 2. The summed E-state index contributed by atoms with van der Waals surface area (Å²) in [7, 11) is 2.09. The number of carbonyl (C=O) groups is 1. The lowest BCUT2D eigenvalue weighted by Crippen LogP contribution is -2.47. The lowest BCUT2D eigenvalue weighted by atomic mass is 10.1. The van der Waals surface area contributed by atoms with Crippen molar-refractivity contribution < 1.29 is 14.6 Å². The molecule has 0 bridgehead atoms. The molecule has 100 valence electrons. The van der Waals surface area contributed by atoms with Crippen molar-refractivity contribution in [3.8, 4) is 0 Å². The summed E-state index contributed by atoms with van der Waals surface area (Å²) in [5.41, 5.74) is 0. The van der Waals surface area contributed by atoms with Crippen LogP contribution in [0.4, 0.5) is 0 Å². The summed E-state index contributed by atoms with van der Waals surface area (Å²) in [6.45, 7) is 8.76. The molecule has 1 aliphatic rings. The van der Waals surface area contributed by atoms with Crippen molar-refractivity contribution in [3.63, 3.8) is 0 Å². The molecule has 0 aromatic rings. The molecular formula is C12H24N2O3. The normalized spacial score (nSPS) is 23.9. The van der Waals surface area contributed by atoms with E-state index in [9.17, 15) is 4.79 Å². The molecule has 1 heterocycles. The number of hydrogen-bond donors (Lipinski definition) is 1. The van der Waals surface area contributed by atoms with Crippen molar-refractivity contribution in [2.45, 2.75) is 20.0 Å². The molecule has 0 aromatic carbocycles. The van der Waals surface area contributed by atoms with Crippen LogP contribution in [-0.2, 0) is 9.53 Å². The first-order valence-corrected chi connectivity index (χ1v) is 6.28. The van der Waals surface area contributed by atoms with Crippen molar-refractivity contribution in [1.82, 2.24) is 9.80 Å². The van der Waals surface area contributed by atoms with Crippen LogP contribution in [0.15, 0.2) is 0 Å². The Morgan fingerprint density at radius 1 is 1.65 bits per heavy atom. The SMILES string of the molecule is CCN(CC1CN(C)CCO1)CC(C)C(=O)O. The van der Waals surface area contributed by atoms with E-state index in [2.05, 4.69) is 23.8 Å². The highest BCUT2D eigenvalue weighted by Gasteiger charge is 2.22. The smallest absolute Gasteiger partial charge is 0.307 e. The third kappa shape index (κ3) is 5.02. The summed E-state index contributed by atoms with van der Waals surface area (Å²) in [6, 6.07) is 0. The molecule has 0 spiro atoms. The Labute approximate surface area is 103 Å². The average Bonchev–Trinajstić information content (AvgIpc) is 2.27. The lowest BCUT2D eigenvalue weighted by Gasteiger charge is -2.34. The van der Waals surface area contributed by atoms with Gasteiger partial charge in [-0.05, 0) is 13.6 Å². The minimum absolute atomic E-state index is 0.203. The third-order valence-electron chi connectivity index (χ3n) is 3.20. The van der Waals surface area contributed by atoms with Crippen molar-refractivity contribution >= 4 is 5.97 Å². The molecule has 0 aliphatic carbocycles. The number of morpholine rings is 1. The topological polar surface area (TPSA) is 53.0 Å². The van der Waals surface area contributed by atoms with E-state index in [1.54, 1.807) is 6.92 Å². The first kappa shape index (κ1) is 14.4. The second-order valence-electron chi connectivity index (χ2n) is 4.85. The van der Waals surface area contributed by atoms with Gasteiger partial charge in [-0.2, -0.15) is 0 Å². The quantitative estimate of drug-likeness (QED) is 0.731. The monoisotopic (exact) mass is 244 g/mol. The first-order valence-electron chi connectivity index (χ1n) is 6.28. The molecular weight excluding hydrogens is 220 g/mol. The molecule has 1 N–H and O–H groups in total. The highest BCUT2D eigenvalue weighted by Crippen LogP contribution is 2.07. The van der Waals surface area contributed by atoms with Gasteiger partial charge in [0.05, 0.1) is 18.6 Å². The van der Waals surface area contributed by atoms with E-state index in [-0.39, 0.29) is 12.0 Å². The molecule has 0 radical (unpaired) electrons. The Hall–Kier alpha value is -0.650. The maximum absolute atomic E-state index is 10.8. The van der Waals surface area contributed by atoms with Gasteiger partial charge in [0.25, 0.3) is 0 Å². The molecule has 0 saturated carbocycles. The van der Waals surface area contributed by atoms with E-state index in [0.29, 0.717) is 6.54 Å². The van der Waals surface area contributed by atoms with Gasteiger partial charge in [0, 0.05) is 26.2 Å². The number of ether oxygens (including phenoxy) is 1. The fraction of sp³-hybridized carbons (Fsp3) is 0.917. The molecule has 2 atom stereocenters. The predicted octanol–water partition coefficient (Wildman–Crippen LogP) is 0.360. The van der Waals surface area contributed by atoms with Gasteiger partial charge in [-0.15, -0.1) is 0 Å². The maximum Gasteiger partial charge on any atom is 0.307 e. The zero-order valence-electron chi connectivity index (χ0n) is 11.1. The Morgan fingerprint density at radius 3 is 2.88 bits per heavy atom. The van der Waals surface area contributed by atoms with E-state index in [1.165, 1.54) is 0 Å². The van der Waals surface area contributed by atoms with Crippen molar-refractivity contribution in [3.05, 3.63) is 0 Å². The van der Waals surface area contributed by atoms with E-state index in [0.717, 1.165) is 32.8 Å². The summed E-state index contributed by atoms with van der Waals surface area (Å²) in [4.78, 5) is 15.2. The van der Waals surface area contributed by atoms with Crippen LogP contribution in [0.5, 0.6) is 0 Å². The highest BCUT2D eigenvalue weighted by atomic mass is 16.5. The van der Waals surface area contributed by atoms with Crippen LogP contribution in [0.25, 0.3) is 0 Å². The van der Waals surface area contributed by atoms with Crippen molar-refractivity contribution in [2.24, 2.45) is 5.92 Å². The van der Waals surface area contributed by atoms with E-state index >= 15 is 0 Å². The molecule has 1 rings (SSSR count). The van der Waals surface area contributed by atoms with Gasteiger partial charge in [-0.25, -0.2) is 0 Å². The molecule has 0 amide bonds. The van der Waals surface area contributed by atoms with E-state index in [4.69, 9.17) is 9.84 Å². The molecule has 2 unspecified atom stereocenters. The Kier molecular flexibility index (Phi) is 5.88. The number of carboxylic acids is 1. The molecule has 0 aromatic heterocycles. The van der Waals surface area contributed by atoms with Gasteiger partial charge in [0.1, 0.15) is 0 Å². The highest BCUT2D eigenvalue weighted by molar-refractivity contribution is 5.69. The number of likely N-dealkylation sites (N-methyl/N-ethyl adjacent to an activating group) is 2. The van der Waals surface area contributed by atoms with E-state index in [1.807, 2.05) is 0 Å². The third-order valence-corrected chi connectivity index (χ3v) is 3.20. The van der Waals surface area contributed by atoms with Crippen LogP contribution in [0.1, 0.15) is 13.8 Å². The maximum atomic E-state index is 10.8. The summed E-state index contributed by atoms with van der Waals surface area (Å²) < 4.78 is 5.69. The lowest BCUT2D eigenvalue weighted by molar-refractivity contribution is -0.142. The van der Waals surface area contributed by atoms with Gasteiger partial charge >= 0.3 is 5.97 Å². The Bertz CT molecular complexity index is 248. The summed E-state index contributed by atoms with van der Waals surface area (Å²) in [6.07, 6.45) is 0.203. The number of aliphatic carboxylic acids is 1. The minimum Gasteiger partial charge on any atom is -0.481 e. The van der Waals surface area contributed by atoms with Gasteiger partial charge in [-0.3, -0.25) is 4.79 Å². The molecule has 5 nitrogen and oxygen atoms in total. The Morgan fingerprint density at radius 2 is 2.35 bits per heavy atom. The summed E-state index contributed by atoms with van der Waals surface area (Å²) in [5, 5.41) is 8.91. The summed E-state index contributed by atoms with van der Waals surface area (Å²) >= 11 is 0. The van der Waals surface area contributed by atoms with Gasteiger partial charge < -0.3 is 19.6 Å². The fourth-order valence-electron chi connectivity index (χ4n) is 2.06. The first-order chi connectivity index (χ1) is 8.02. The molecule has 1 aliphatic heterocycles. The zero-order chi connectivity index (χ0) is 12.8. The number of rotatable bonds is 6. The van der Waals surface area contributed by atoms with Crippen LogP contribution < -0.4 is 0 Å². The summed E-state index contributed by atoms with van der Waals surface area (Å²) in [5.74, 6) is -1.05. The van der Waals surface area contributed by atoms with Crippen LogP contribution >= 0.6 is 0 Å². The number of carboxylic acid groups (broad SMARTS) is 1. The number of hydrogen-bond acceptors (Lipinski definition) is 4. The van der Waals surface area contributed by atoms with Gasteiger partial charge in [0.15, 0.2) is 0 Å². The van der Waals surface area contributed by atoms with Crippen LogP contribution in [-0.4, -0.2) is 73.4 Å². The van der Waals surface area contributed by atoms with Gasteiger partial charge in [0.2, 0.25) is 0 Å². The van der Waals surface area contributed by atoms with Gasteiger partial charge in [-0.1, -0.05) is 13.8 Å². The van der Waals surface area contributed by atoms with E-state index < -0.39 is 5.97 Å². The van der Waals surface area contributed by atoms with Crippen LogP contribution in [0.3, 0.4) is 0 Å². The molecule has 17 heavy (non-hydrogen) atoms. The molecule has 5 heteroatoms. The molecule has 1 saturated heterocycles. The van der Waals surface area contributed by atoms with Crippen LogP contribution in [0.2, 0.25) is 0 Å². The minimum atomic E-state index is -0.731. The standard InChI is InChI=1S/C12H24N2O3/c1-4-14(7-10(2)12(15)16)9-11-8-13(3)5-6-17-11/h10-11H,4-9H2,1-3H3,(H,15,16). The second kappa shape index (κ2) is 6.93. The Balaban J connectivity index is 2.37. The fourth-order valence-corrected chi connectivity index (χ4v) is 2.06. The average molecular weight is 244 g/mol. The van der Waals surface area contributed by atoms with Crippen LogP contribution in [0, 0.1) is 5.92 Å².